The summed E-state index contributed by atoms with van der Waals surface area (Å²) in [5, 5.41) is 5.02. The Kier molecular flexibility index (Phi) is 7.28. The lowest BCUT2D eigenvalue weighted by Gasteiger charge is -2.61. The zero-order valence-electron chi connectivity index (χ0n) is 29.9. The van der Waals surface area contributed by atoms with E-state index in [1.807, 2.05) is 0 Å². The molecule has 5 nitrogen and oxygen atoms in total. The molecule has 0 amide bonds. The van der Waals surface area contributed by atoms with Gasteiger partial charge in [0.05, 0.1) is 17.7 Å². The summed E-state index contributed by atoms with van der Waals surface area (Å²) in [4.78, 5) is 4.86. The van der Waals surface area contributed by atoms with Crippen molar-refractivity contribution in [3.05, 3.63) is 131 Å². The topological polar surface area (TPSA) is 47.8 Å². The molecule has 1 aromatic heterocycles. The number of fused-ring (bicyclic) bond motifs is 9. The first kappa shape index (κ1) is 31.0. The smallest absolute Gasteiger partial charge is 0.119 e. The molecule has 52 heavy (non-hydrogen) atoms. The van der Waals surface area contributed by atoms with Gasteiger partial charge >= 0.3 is 0 Å². The maximum Gasteiger partial charge on any atom is 0.119 e. The van der Waals surface area contributed by atoms with Crippen LogP contribution in [-0.2, 0) is 9.47 Å². The summed E-state index contributed by atoms with van der Waals surface area (Å²) < 4.78 is 16.8. The maximum absolute atomic E-state index is 7.35. The Bertz CT molecular complexity index is 2220. The van der Waals surface area contributed by atoms with Crippen molar-refractivity contribution in [3.8, 4) is 5.69 Å². The predicted octanol–water partition coefficient (Wildman–Crippen LogP) is 11.0. The molecule has 4 aliphatic heterocycles. The number of aliphatic imine (C=N–C) groups is 1. The van der Waals surface area contributed by atoms with Crippen LogP contribution in [0.5, 0.6) is 0 Å². The van der Waals surface area contributed by atoms with Crippen molar-refractivity contribution >= 4 is 34.6 Å². The Morgan fingerprint density at radius 2 is 1.79 bits per heavy atom. The third-order valence-electron chi connectivity index (χ3n) is 13.4. The Morgan fingerprint density at radius 3 is 2.71 bits per heavy atom. The lowest BCUT2D eigenvalue weighted by atomic mass is 9.48. The zero-order valence-corrected chi connectivity index (χ0v) is 29.9. The minimum absolute atomic E-state index is 0.00499. The molecule has 6 unspecified atom stereocenters. The van der Waals surface area contributed by atoms with Crippen molar-refractivity contribution in [2.24, 2.45) is 28.2 Å². The fourth-order valence-electron chi connectivity index (χ4n) is 11.4. The van der Waals surface area contributed by atoms with Crippen LogP contribution < -0.4 is 5.32 Å². The first-order valence-corrected chi connectivity index (χ1v) is 20.0. The molecule has 2 aromatic carbocycles. The largest absolute Gasteiger partial charge is 0.466 e. The number of hydrogen-bond acceptors (Lipinski definition) is 4. The molecule has 1 saturated carbocycles. The molecule has 3 aromatic rings. The summed E-state index contributed by atoms with van der Waals surface area (Å²) in [6.45, 7) is 0.829. The molecule has 2 fully saturated rings. The summed E-state index contributed by atoms with van der Waals surface area (Å²) >= 11 is 0. The number of aromatic nitrogens is 1. The van der Waals surface area contributed by atoms with Crippen LogP contribution in [0.4, 0.5) is 5.82 Å². The first-order chi connectivity index (χ1) is 25.8. The fraction of sp³-hybridized carbons (Fsp3) is 0.383. The number of rotatable bonds is 3. The van der Waals surface area contributed by atoms with Crippen molar-refractivity contribution < 1.29 is 9.47 Å². The Balaban J connectivity index is 1.06. The highest BCUT2D eigenvalue weighted by atomic mass is 16.5. The van der Waals surface area contributed by atoms with E-state index in [2.05, 4.69) is 113 Å². The first-order valence-electron chi connectivity index (χ1n) is 20.0. The van der Waals surface area contributed by atoms with E-state index in [9.17, 15) is 0 Å². The molecule has 5 heteroatoms. The lowest BCUT2D eigenvalue weighted by Crippen LogP contribution is -2.58. The van der Waals surface area contributed by atoms with Crippen LogP contribution in [0.3, 0.4) is 0 Å². The van der Waals surface area contributed by atoms with Gasteiger partial charge in [0.15, 0.2) is 0 Å². The fourth-order valence-corrected chi connectivity index (χ4v) is 11.4. The Hall–Kier alpha value is -4.61. The van der Waals surface area contributed by atoms with Crippen molar-refractivity contribution in [2.75, 3.05) is 11.9 Å². The summed E-state index contributed by atoms with van der Waals surface area (Å²) in [5.74, 6) is 4.63. The third-order valence-corrected chi connectivity index (χ3v) is 13.4. The van der Waals surface area contributed by atoms with Gasteiger partial charge in [0, 0.05) is 70.8 Å². The maximum atomic E-state index is 7.35. The van der Waals surface area contributed by atoms with Crippen LogP contribution >= 0.6 is 0 Å². The average molecular weight is 686 g/mol. The lowest BCUT2D eigenvalue weighted by molar-refractivity contribution is -0.151. The summed E-state index contributed by atoms with van der Waals surface area (Å²) in [6.07, 6.45) is 34.3. The second-order valence-electron chi connectivity index (χ2n) is 16.1. The Morgan fingerprint density at radius 1 is 0.865 bits per heavy atom. The van der Waals surface area contributed by atoms with Gasteiger partial charge in [0.2, 0.25) is 0 Å². The molecule has 1 saturated heterocycles. The van der Waals surface area contributed by atoms with Crippen molar-refractivity contribution in [1.82, 2.24) is 4.57 Å². The number of nitrogens with one attached hydrogen (secondary N) is 1. The van der Waals surface area contributed by atoms with E-state index in [4.69, 9.17) is 14.5 Å². The number of para-hydroxylation sites is 1. The molecule has 0 radical (unpaired) electrons. The third kappa shape index (κ3) is 4.54. The van der Waals surface area contributed by atoms with E-state index >= 15 is 0 Å². The molecule has 4 aliphatic carbocycles. The minimum Gasteiger partial charge on any atom is -0.466 e. The van der Waals surface area contributed by atoms with E-state index in [-0.39, 0.29) is 29.5 Å². The summed E-state index contributed by atoms with van der Waals surface area (Å²) in [6, 6.07) is 17.6. The SMILES string of the molecule is C1=Cc2c(n(-c3ccccc3)c3cccc(C4=CC5OC6CCCCC6C6(C7=C(CC(C8=CCCC=N8)C=C7)OC7=C6CCCC7)C5C=C4)c23)NC1. The minimum atomic E-state index is -0.101. The number of anilines is 1. The van der Waals surface area contributed by atoms with Crippen LogP contribution in [0.25, 0.3) is 28.2 Å². The van der Waals surface area contributed by atoms with Gasteiger partial charge in [-0.05, 0) is 91.8 Å². The van der Waals surface area contributed by atoms with Gasteiger partial charge in [0.1, 0.15) is 17.3 Å². The molecule has 0 bridgehead atoms. The highest BCUT2D eigenvalue weighted by Crippen LogP contribution is 2.66. The number of allylic oxidation sites excluding steroid dienone is 9. The second kappa shape index (κ2) is 12.2. The molecule has 11 rings (SSSR count). The molecule has 6 atom stereocenters. The standard InChI is InChI=1S/C47H47N3O2/c1-2-12-32(13-3-1)50-40-19-10-14-33(45(40)34-15-11-27-49-46(34)50)30-22-24-37-43(28-30)51-41-20-6-4-16-35(41)47(37)36-17-5-7-21-42(36)52-44-29-31(23-25-38(44)47)39-18-8-9-26-48-39/h1-3,10-15,18-19,22-26,28,31,35,37,41,43,49H,4-9,16-17,20-21,27,29H2. The molecule has 8 aliphatic rings. The van der Waals surface area contributed by atoms with Crippen LogP contribution in [0, 0.1) is 23.2 Å². The van der Waals surface area contributed by atoms with Crippen molar-refractivity contribution in [2.45, 2.75) is 82.8 Å². The predicted molar refractivity (Wildman–Crippen MR) is 211 cm³/mol. The van der Waals surface area contributed by atoms with Gasteiger partial charge in [-0.15, -0.1) is 0 Å². The molecule has 1 N–H and O–H groups in total. The van der Waals surface area contributed by atoms with Crippen molar-refractivity contribution in [3.63, 3.8) is 0 Å². The number of ether oxygens (including phenoxy) is 2. The quantitative estimate of drug-likeness (QED) is 0.299. The zero-order chi connectivity index (χ0) is 34.2. The highest BCUT2D eigenvalue weighted by Gasteiger charge is 2.62. The van der Waals surface area contributed by atoms with E-state index in [0.717, 1.165) is 45.1 Å². The number of nitrogens with zero attached hydrogens (tertiary/aromatic N) is 2. The van der Waals surface area contributed by atoms with Crippen LogP contribution in [0.2, 0.25) is 0 Å². The highest BCUT2D eigenvalue weighted by molar-refractivity contribution is 6.06. The molecular formula is C47H47N3O2. The molecular weight excluding hydrogens is 639 g/mol. The van der Waals surface area contributed by atoms with Crippen LogP contribution in [0.1, 0.15) is 81.8 Å². The summed E-state index contributed by atoms with van der Waals surface area (Å²) in [7, 11) is 0. The van der Waals surface area contributed by atoms with Crippen LogP contribution in [-0.4, -0.2) is 29.5 Å². The van der Waals surface area contributed by atoms with Gasteiger partial charge in [-0.1, -0.05) is 85.7 Å². The van der Waals surface area contributed by atoms with E-state index in [1.54, 1.807) is 5.57 Å². The number of benzene rings is 2. The van der Waals surface area contributed by atoms with Crippen LogP contribution in [0.15, 0.2) is 124 Å². The van der Waals surface area contributed by atoms with Crippen molar-refractivity contribution in [1.29, 1.82) is 0 Å². The normalized spacial score (nSPS) is 31.6. The van der Waals surface area contributed by atoms with E-state index in [0.29, 0.717) is 5.92 Å². The molecule has 262 valence electrons. The second-order valence-corrected chi connectivity index (χ2v) is 16.1. The molecule has 5 heterocycles. The number of hydrogen-bond donors (Lipinski definition) is 1. The van der Waals surface area contributed by atoms with Gasteiger partial charge in [0.25, 0.3) is 0 Å². The van der Waals surface area contributed by atoms with E-state index < -0.39 is 0 Å². The van der Waals surface area contributed by atoms with Gasteiger partial charge in [-0.25, -0.2) is 0 Å². The Labute approximate surface area is 306 Å². The van der Waals surface area contributed by atoms with E-state index in [1.165, 1.54) is 94.0 Å². The van der Waals surface area contributed by atoms with Gasteiger partial charge in [-0.2, -0.15) is 0 Å². The van der Waals surface area contributed by atoms with Gasteiger partial charge < -0.3 is 14.8 Å². The van der Waals surface area contributed by atoms with Gasteiger partial charge in [-0.3, -0.25) is 9.56 Å². The monoisotopic (exact) mass is 685 g/mol. The average Bonchev–Trinajstić information content (AvgIpc) is 3.56. The summed E-state index contributed by atoms with van der Waals surface area (Å²) in [5.41, 5.74) is 10.4. The molecule has 1 spiro atoms.